The van der Waals surface area contributed by atoms with Crippen LogP contribution in [0.3, 0.4) is 0 Å². The highest BCUT2D eigenvalue weighted by Gasteiger charge is 2.43. The standard InChI is InChI=1S/C12H12BrN3O5/c13-8-3-7(4-9(5-8)16(20)21)10(17)15-2-1-12(14,6-15)11(18)19/h3-5H,1-2,6,14H2,(H,18,19). The van der Waals surface area contributed by atoms with Gasteiger partial charge in [0, 0.05) is 35.3 Å². The number of nitro groups is 1. The molecule has 1 heterocycles. The van der Waals surface area contributed by atoms with Gasteiger partial charge in [0.15, 0.2) is 0 Å². The van der Waals surface area contributed by atoms with Crippen molar-refractivity contribution in [3.8, 4) is 0 Å². The number of benzene rings is 1. The Morgan fingerprint density at radius 3 is 2.62 bits per heavy atom. The first-order chi connectivity index (χ1) is 9.73. The van der Waals surface area contributed by atoms with Crippen molar-refractivity contribution in [2.24, 2.45) is 5.73 Å². The molecule has 0 saturated carbocycles. The van der Waals surface area contributed by atoms with Gasteiger partial charge in [0.2, 0.25) is 0 Å². The van der Waals surface area contributed by atoms with E-state index in [2.05, 4.69) is 15.9 Å². The number of hydrogen-bond donors (Lipinski definition) is 2. The molecule has 112 valence electrons. The third kappa shape index (κ3) is 3.03. The van der Waals surface area contributed by atoms with Crippen LogP contribution in [-0.2, 0) is 4.79 Å². The Bertz CT molecular complexity index is 635. The van der Waals surface area contributed by atoms with E-state index in [1.54, 1.807) is 0 Å². The van der Waals surface area contributed by atoms with E-state index < -0.39 is 22.3 Å². The number of rotatable bonds is 3. The zero-order valence-electron chi connectivity index (χ0n) is 10.8. The Morgan fingerprint density at radius 1 is 1.43 bits per heavy atom. The van der Waals surface area contributed by atoms with E-state index in [0.29, 0.717) is 4.47 Å². The summed E-state index contributed by atoms with van der Waals surface area (Å²) in [6.45, 7) is 0.0728. The lowest BCUT2D eigenvalue weighted by molar-refractivity contribution is -0.385. The maximum absolute atomic E-state index is 12.3. The summed E-state index contributed by atoms with van der Waals surface area (Å²) in [6, 6.07) is 3.89. The maximum atomic E-state index is 12.3. The van der Waals surface area contributed by atoms with Gasteiger partial charge in [0.1, 0.15) is 5.54 Å². The van der Waals surface area contributed by atoms with Crippen LogP contribution in [0.5, 0.6) is 0 Å². The summed E-state index contributed by atoms with van der Waals surface area (Å²) in [6.07, 6.45) is 0.143. The van der Waals surface area contributed by atoms with Gasteiger partial charge in [-0.2, -0.15) is 0 Å². The molecule has 1 aromatic carbocycles. The summed E-state index contributed by atoms with van der Waals surface area (Å²) in [5, 5.41) is 19.8. The van der Waals surface area contributed by atoms with Gasteiger partial charge in [0.25, 0.3) is 11.6 Å². The normalized spacial score (nSPS) is 21.3. The lowest BCUT2D eigenvalue weighted by Gasteiger charge is -2.20. The van der Waals surface area contributed by atoms with E-state index in [1.807, 2.05) is 0 Å². The molecule has 3 N–H and O–H groups in total. The van der Waals surface area contributed by atoms with Gasteiger partial charge in [-0.15, -0.1) is 0 Å². The Labute approximate surface area is 127 Å². The van der Waals surface area contributed by atoms with Crippen LogP contribution in [0.15, 0.2) is 22.7 Å². The van der Waals surface area contributed by atoms with Crippen molar-refractivity contribution in [1.29, 1.82) is 0 Å². The minimum atomic E-state index is -1.46. The molecule has 1 saturated heterocycles. The fourth-order valence-electron chi connectivity index (χ4n) is 2.17. The molecule has 1 unspecified atom stereocenters. The SMILES string of the molecule is NC1(C(=O)O)CCN(C(=O)c2cc(Br)cc([N+](=O)[O-])c2)C1. The maximum Gasteiger partial charge on any atom is 0.325 e. The highest BCUT2D eigenvalue weighted by atomic mass is 79.9. The van der Waals surface area contributed by atoms with Crippen molar-refractivity contribution >= 4 is 33.5 Å². The summed E-state index contributed by atoms with van der Waals surface area (Å²) < 4.78 is 0.400. The quantitative estimate of drug-likeness (QED) is 0.613. The molecular weight excluding hydrogens is 346 g/mol. The van der Waals surface area contributed by atoms with Crippen molar-refractivity contribution in [1.82, 2.24) is 4.90 Å². The van der Waals surface area contributed by atoms with E-state index in [9.17, 15) is 19.7 Å². The number of carboxylic acid groups (broad SMARTS) is 1. The Morgan fingerprint density at radius 2 is 2.10 bits per heavy atom. The molecule has 0 bridgehead atoms. The summed E-state index contributed by atoms with van der Waals surface area (Å²) in [4.78, 5) is 34.9. The number of nitrogens with two attached hydrogens (primary N) is 1. The average molecular weight is 358 g/mol. The number of aliphatic carboxylic acids is 1. The molecule has 9 heteroatoms. The van der Waals surface area contributed by atoms with Crippen molar-refractivity contribution in [3.05, 3.63) is 38.3 Å². The largest absolute Gasteiger partial charge is 0.480 e. The molecule has 0 radical (unpaired) electrons. The molecule has 0 aromatic heterocycles. The predicted molar refractivity (Wildman–Crippen MR) is 75.9 cm³/mol. The number of carbonyl (C=O) groups is 2. The zero-order chi connectivity index (χ0) is 15.8. The van der Waals surface area contributed by atoms with E-state index in [0.717, 1.165) is 6.07 Å². The molecule has 21 heavy (non-hydrogen) atoms. The first-order valence-corrected chi connectivity index (χ1v) is 6.79. The molecule has 1 aromatic rings. The second-order valence-electron chi connectivity index (χ2n) is 4.89. The van der Waals surface area contributed by atoms with Gasteiger partial charge in [0.05, 0.1) is 4.92 Å². The van der Waals surface area contributed by atoms with Crippen LogP contribution in [-0.4, -0.2) is 45.4 Å². The minimum Gasteiger partial charge on any atom is -0.480 e. The molecular formula is C12H12BrN3O5. The smallest absolute Gasteiger partial charge is 0.325 e. The summed E-state index contributed by atoms with van der Waals surface area (Å²) in [5.41, 5.74) is 4.14. The second-order valence-corrected chi connectivity index (χ2v) is 5.81. The predicted octanol–water partition coefficient (Wildman–Crippen LogP) is 0.985. The van der Waals surface area contributed by atoms with Crippen LogP contribution in [0.4, 0.5) is 5.69 Å². The Hall–Kier alpha value is -2.00. The number of carbonyl (C=O) groups excluding carboxylic acids is 1. The van der Waals surface area contributed by atoms with E-state index in [1.165, 1.54) is 17.0 Å². The molecule has 0 aliphatic carbocycles. The van der Waals surface area contributed by atoms with Crippen LogP contribution < -0.4 is 5.73 Å². The van der Waals surface area contributed by atoms with E-state index >= 15 is 0 Å². The number of halogens is 1. The van der Waals surface area contributed by atoms with Crippen LogP contribution >= 0.6 is 15.9 Å². The van der Waals surface area contributed by atoms with Crippen molar-refractivity contribution in [2.45, 2.75) is 12.0 Å². The third-order valence-corrected chi connectivity index (χ3v) is 3.81. The van der Waals surface area contributed by atoms with Crippen molar-refractivity contribution in [3.63, 3.8) is 0 Å². The minimum absolute atomic E-state index is 0.116. The highest BCUT2D eigenvalue weighted by Crippen LogP contribution is 2.25. The van der Waals surface area contributed by atoms with Gasteiger partial charge < -0.3 is 15.7 Å². The third-order valence-electron chi connectivity index (χ3n) is 3.35. The lowest BCUT2D eigenvalue weighted by Crippen LogP contribution is -2.50. The summed E-state index contributed by atoms with van der Waals surface area (Å²) in [5.74, 6) is -1.65. The van der Waals surface area contributed by atoms with E-state index in [-0.39, 0.29) is 30.8 Å². The van der Waals surface area contributed by atoms with Gasteiger partial charge in [-0.1, -0.05) is 15.9 Å². The number of hydrogen-bond acceptors (Lipinski definition) is 5. The fourth-order valence-corrected chi connectivity index (χ4v) is 2.65. The average Bonchev–Trinajstić information content (AvgIpc) is 2.81. The van der Waals surface area contributed by atoms with Crippen LogP contribution in [0, 0.1) is 10.1 Å². The monoisotopic (exact) mass is 357 g/mol. The van der Waals surface area contributed by atoms with Crippen LogP contribution in [0.2, 0.25) is 0 Å². The first kappa shape index (κ1) is 15.4. The fraction of sp³-hybridized carbons (Fsp3) is 0.333. The summed E-state index contributed by atoms with van der Waals surface area (Å²) in [7, 11) is 0. The first-order valence-electron chi connectivity index (χ1n) is 5.99. The molecule has 0 spiro atoms. The number of nitro benzene ring substituents is 1. The number of non-ortho nitro benzene ring substituents is 1. The lowest BCUT2D eigenvalue weighted by atomic mass is 10.0. The number of nitrogens with zero attached hydrogens (tertiary/aromatic N) is 2. The number of likely N-dealkylation sites (tertiary alicyclic amines) is 1. The van der Waals surface area contributed by atoms with Crippen LogP contribution in [0.25, 0.3) is 0 Å². The molecule has 1 fully saturated rings. The number of carboxylic acids is 1. The molecule has 1 aliphatic heterocycles. The summed E-state index contributed by atoms with van der Waals surface area (Å²) >= 11 is 3.11. The van der Waals surface area contributed by atoms with Gasteiger partial charge >= 0.3 is 5.97 Å². The molecule has 1 amide bonds. The molecule has 1 aliphatic rings. The van der Waals surface area contributed by atoms with E-state index in [4.69, 9.17) is 10.8 Å². The van der Waals surface area contributed by atoms with Gasteiger partial charge in [-0.25, -0.2) is 0 Å². The second kappa shape index (κ2) is 5.41. The van der Waals surface area contributed by atoms with Crippen molar-refractivity contribution < 1.29 is 19.6 Å². The van der Waals surface area contributed by atoms with Crippen LogP contribution in [0.1, 0.15) is 16.8 Å². The Balaban J connectivity index is 2.26. The van der Waals surface area contributed by atoms with Gasteiger partial charge in [-0.05, 0) is 12.5 Å². The zero-order valence-corrected chi connectivity index (χ0v) is 12.4. The Kier molecular flexibility index (Phi) is 3.97. The van der Waals surface area contributed by atoms with Gasteiger partial charge in [-0.3, -0.25) is 19.7 Å². The van der Waals surface area contributed by atoms with Crippen molar-refractivity contribution in [2.75, 3.05) is 13.1 Å². The topological polar surface area (TPSA) is 127 Å². The molecule has 2 rings (SSSR count). The highest BCUT2D eigenvalue weighted by molar-refractivity contribution is 9.10. The number of amides is 1. The molecule has 8 nitrogen and oxygen atoms in total. The molecule has 1 atom stereocenters.